The summed E-state index contributed by atoms with van der Waals surface area (Å²) >= 11 is 3.89. The van der Waals surface area contributed by atoms with Gasteiger partial charge in [0.1, 0.15) is 0 Å². The van der Waals surface area contributed by atoms with Crippen LogP contribution >= 0.6 is 12.6 Å². The standard InChI is InChI=1S/C3H8O5S/c4-6-8-7-5-2-1-3-9/h4,9H,1-3H2. The van der Waals surface area contributed by atoms with Crippen molar-refractivity contribution in [1.82, 2.24) is 0 Å². The minimum Gasteiger partial charge on any atom is -0.219 e. The Morgan fingerprint density at radius 1 is 1.33 bits per heavy atom. The van der Waals surface area contributed by atoms with Gasteiger partial charge in [-0.3, -0.25) is 0 Å². The summed E-state index contributed by atoms with van der Waals surface area (Å²) in [5.74, 6) is 0.698. The molecule has 0 saturated heterocycles. The second-order valence-corrected chi connectivity index (χ2v) is 1.56. The van der Waals surface area contributed by atoms with E-state index in [0.717, 1.165) is 6.42 Å². The molecule has 0 radical (unpaired) electrons. The van der Waals surface area contributed by atoms with Gasteiger partial charge in [0.2, 0.25) is 0 Å². The molecule has 0 aromatic rings. The van der Waals surface area contributed by atoms with Crippen LogP contribution in [0.1, 0.15) is 6.42 Å². The molecule has 0 rings (SSSR count). The molecule has 0 atom stereocenters. The minimum atomic E-state index is 0.340. The third kappa shape index (κ3) is 8.15. The lowest BCUT2D eigenvalue weighted by atomic mass is 10.5. The maximum atomic E-state index is 7.48. The molecule has 0 heterocycles. The van der Waals surface area contributed by atoms with E-state index in [4.69, 9.17) is 5.26 Å². The van der Waals surface area contributed by atoms with Crippen LogP contribution in [0.25, 0.3) is 0 Å². The van der Waals surface area contributed by atoms with E-state index in [1.807, 2.05) is 0 Å². The molecule has 0 saturated carbocycles. The third-order valence-corrected chi connectivity index (χ3v) is 0.808. The highest BCUT2D eigenvalue weighted by Crippen LogP contribution is 1.87. The molecule has 0 bridgehead atoms. The zero-order valence-corrected chi connectivity index (χ0v) is 5.54. The molecular formula is C3H8O5S. The molecule has 0 aromatic carbocycles. The Morgan fingerprint density at radius 2 is 2.11 bits per heavy atom. The molecule has 0 aliphatic heterocycles. The number of hydrogen-bond acceptors (Lipinski definition) is 6. The maximum Gasteiger partial charge on any atom is 0.0862 e. The van der Waals surface area contributed by atoms with Crippen LogP contribution in [0.5, 0.6) is 0 Å². The van der Waals surface area contributed by atoms with E-state index >= 15 is 0 Å². The molecule has 0 aliphatic rings. The van der Waals surface area contributed by atoms with Gasteiger partial charge in [0.25, 0.3) is 0 Å². The van der Waals surface area contributed by atoms with E-state index in [-0.39, 0.29) is 0 Å². The molecule has 0 unspecified atom stereocenters. The van der Waals surface area contributed by atoms with Crippen molar-refractivity contribution in [3.63, 3.8) is 0 Å². The summed E-state index contributed by atoms with van der Waals surface area (Å²) in [7, 11) is 0. The van der Waals surface area contributed by atoms with E-state index in [1.54, 1.807) is 0 Å². The predicted octanol–water partition coefficient (Wildman–Crippen LogP) is 0.591. The fraction of sp³-hybridized carbons (Fsp3) is 1.00. The normalized spacial score (nSPS) is 10.0. The van der Waals surface area contributed by atoms with Crippen molar-refractivity contribution in [2.45, 2.75) is 6.42 Å². The van der Waals surface area contributed by atoms with Crippen molar-refractivity contribution in [2.24, 2.45) is 0 Å². The van der Waals surface area contributed by atoms with Crippen molar-refractivity contribution in [1.29, 1.82) is 0 Å². The average molecular weight is 156 g/mol. The van der Waals surface area contributed by atoms with Gasteiger partial charge in [0.15, 0.2) is 0 Å². The Labute approximate surface area is 57.6 Å². The summed E-state index contributed by atoms with van der Waals surface area (Å²) in [6, 6.07) is 0. The Morgan fingerprint density at radius 3 is 2.67 bits per heavy atom. The number of thiol groups is 1. The van der Waals surface area contributed by atoms with Gasteiger partial charge in [-0.1, -0.05) is 0 Å². The Balaban J connectivity index is 2.60. The molecule has 6 heteroatoms. The molecule has 56 valence electrons. The van der Waals surface area contributed by atoms with Crippen molar-refractivity contribution in [3.05, 3.63) is 0 Å². The summed E-state index contributed by atoms with van der Waals surface area (Å²) in [6.45, 7) is 0.340. The fourth-order valence-electron chi connectivity index (χ4n) is 0.190. The zero-order chi connectivity index (χ0) is 6.95. The molecule has 9 heavy (non-hydrogen) atoms. The summed E-state index contributed by atoms with van der Waals surface area (Å²) in [5.41, 5.74) is 0. The lowest BCUT2D eigenvalue weighted by Gasteiger charge is -1.95. The molecule has 5 nitrogen and oxygen atoms in total. The van der Waals surface area contributed by atoms with Crippen molar-refractivity contribution < 1.29 is 25.3 Å². The number of hydrogen-bond donors (Lipinski definition) is 2. The molecular weight excluding hydrogens is 148 g/mol. The lowest BCUT2D eigenvalue weighted by Crippen LogP contribution is -1.98. The molecule has 0 aromatic heterocycles. The van der Waals surface area contributed by atoms with Crippen molar-refractivity contribution >= 4 is 12.6 Å². The SMILES string of the molecule is OOOOOCCCS. The van der Waals surface area contributed by atoms with Crippen LogP contribution in [-0.4, -0.2) is 17.6 Å². The first kappa shape index (κ1) is 9.15. The highest BCUT2D eigenvalue weighted by Gasteiger charge is 1.87. The largest absolute Gasteiger partial charge is 0.219 e. The summed E-state index contributed by atoms with van der Waals surface area (Å²) in [5, 5.41) is 17.8. The monoisotopic (exact) mass is 156 g/mol. The lowest BCUT2D eigenvalue weighted by molar-refractivity contribution is -0.702. The quantitative estimate of drug-likeness (QED) is 0.255. The minimum absolute atomic E-state index is 0.340. The first-order valence-corrected chi connectivity index (χ1v) is 2.92. The van der Waals surface area contributed by atoms with E-state index in [0.29, 0.717) is 12.4 Å². The molecule has 1 N–H and O–H groups in total. The highest BCUT2D eigenvalue weighted by molar-refractivity contribution is 7.80. The van der Waals surface area contributed by atoms with Crippen LogP contribution in [0.15, 0.2) is 0 Å². The second-order valence-electron chi connectivity index (χ2n) is 1.11. The molecule has 0 amide bonds. The first-order chi connectivity index (χ1) is 4.41. The van der Waals surface area contributed by atoms with Crippen LogP contribution < -0.4 is 0 Å². The van der Waals surface area contributed by atoms with Crippen LogP contribution in [0.2, 0.25) is 0 Å². The molecule has 0 aliphatic carbocycles. The van der Waals surface area contributed by atoms with Gasteiger partial charge in [0.05, 0.1) is 6.61 Å². The topological polar surface area (TPSA) is 57.2 Å². The number of rotatable bonds is 6. The van der Waals surface area contributed by atoms with Gasteiger partial charge in [-0.15, -0.1) is 0 Å². The van der Waals surface area contributed by atoms with E-state index < -0.39 is 0 Å². The van der Waals surface area contributed by atoms with Gasteiger partial charge in [-0.2, -0.15) is 12.6 Å². The summed E-state index contributed by atoms with van der Waals surface area (Å²) < 4.78 is 0. The van der Waals surface area contributed by atoms with Crippen LogP contribution in [0, 0.1) is 0 Å². The fourth-order valence-corrected chi connectivity index (χ4v) is 0.319. The van der Waals surface area contributed by atoms with Gasteiger partial charge >= 0.3 is 0 Å². The zero-order valence-electron chi connectivity index (χ0n) is 4.65. The van der Waals surface area contributed by atoms with Crippen LogP contribution in [0.3, 0.4) is 0 Å². The summed E-state index contributed by atoms with van der Waals surface area (Å²) in [6.07, 6.45) is 0.734. The smallest absolute Gasteiger partial charge is 0.0862 e. The first-order valence-electron chi connectivity index (χ1n) is 2.29. The van der Waals surface area contributed by atoms with Crippen LogP contribution in [0.4, 0.5) is 0 Å². The molecule has 0 spiro atoms. The highest BCUT2D eigenvalue weighted by atomic mass is 32.1. The van der Waals surface area contributed by atoms with E-state index in [1.165, 1.54) is 0 Å². The van der Waals surface area contributed by atoms with Crippen molar-refractivity contribution in [2.75, 3.05) is 12.4 Å². The third-order valence-electron chi connectivity index (χ3n) is 0.492. The van der Waals surface area contributed by atoms with Gasteiger partial charge in [-0.05, 0) is 27.3 Å². The second kappa shape index (κ2) is 8.15. The van der Waals surface area contributed by atoms with Gasteiger partial charge < -0.3 is 0 Å². The van der Waals surface area contributed by atoms with Gasteiger partial charge in [-0.25, -0.2) is 10.1 Å². The van der Waals surface area contributed by atoms with Crippen molar-refractivity contribution in [3.8, 4) is 0 Å². The Bertz CT molecular complexity index is 45.5. The molecule has 0 fully saturated rings. The Kier molecular flexibility index (Phi) is 8.29. The van der Waals surface area contributed by atoms with Gasteiger partial charge in [0, 0.05) is 0 Å². The average Bonchev–Trinajstić information content (AvgIpc) is 1.89. The predicted molar refractivity (Wildman–Crippen MR) is 30.3 cm³/mol. The van der Waals surface area contributed by atoms with E-state index in [9.17, 15) is 0 Å². The Hall–Kier alpha value is 0.150. The van der Waals surface area contributed by atoms with Crippen LogP contribution in [-0.2, 0) is 20.0 Å². The maximum absolute atomic E-state index is 7.48. The summed E-state index contributed by atoms with van der Waals surface area (Å²) in [4.78, 5) is 4.26. The van der Waals surface area contributed by atoms with E-state index in [2.05, 4.69) is 32.6 Å².